The first-order chi connectivity index (χ1) is 16.1. The normalized spacial score (nSPS) is 18.0. The summed E-state index contributed by atoms with van der Waals surface area (Å²) in [5, 5.41) is 3.33. The molecule has 1 N–H and O–H groups in total. The van der Waals surface area contributed by atoms with Gasteiger partial charge in [-0.15, -0.1) is 0 Å². The maximum atomic E-state index is 13.2. The number of carbonyl (C=O) groups is 1. The molecule has 0 bridgehead atoms. The van der Waals surface area contributed by atoms with Gasteiger partial charge >= 0.3 is 0 Å². The molecule has 0 saturated carbocycles. The highest BCUT2D eigenvalue weighted by Gasteiger charge is 2.31. The molecule has 4 nitrogen and oxygen atoms in total. The largest absolute Gasteiger partial charge is 0.343 e. The van der Waals surface area contributed by atoms with E-state index in [9.17, 15) is 4.79 Å². The SMILES string of the molecule is C/C(=C/c1ccccc1)CN1CCCC(C(NC(=O)c2ccccc2C)c2ccccn2)C1. The van der Waals surface area contributed by atoms with Gasteiger partial charge in [-0.3, -0.25) is 14.7 Å². The van der Waals surface area contributed by atoms with Crippen molar-refractivity contribution in [2.75, 3.05) is 19.6 Å². The molecule has 1 amide bonds. The fraction of sp³-hybridized carbons (Fsp3) is 0.310. The van der Waals surface area contributed by atoms with Crippen LogP contribution < -0.4 is 5.32 Å². The summed E-state index contributed by atoms with van der Waals surface area (Å²) in [5.41, 5.74) is 5.23. The fourth-order valence-corrected chi connectivity index (χ4v) is 4.78. The second kappa shape index (κ2) is 11.1. The van der Waals surface area contributed by atoms with E-state index in [0.29, 0.717) is 5.92 Å². The van der Waals surface area contributed by atoms with E-state index in [1.54, 1.807) is 0 Å². The third-order valence-corrected chi connectivity index (χ3v) is 6.38. The highest BCUT2D eigenvalue weighted by Crippen LogP contribution is 2.30. The first-order valence-electron chi connectivity index (χ1n) is 11.8. The highest BCUT2D eigenvalue weighted by molar-refractivity contribution is 5.95. The van der Waals surface area contributed by atoms with Crippen molar-refractivity contribution in [1.29, 1.82) is 0 Å². The average molecular weight is 440 g/mol. The minimum atomic E-state index is -0.112. The van der Waals surface area contributed by atoms with Crippen molar-refractivity contribution in [3.63, 3.8) is 0 Å². The van der Waals surface area contributed by atoms with E-state index in [2.05, 4.69) is 52.5 Å². The minimum Gasteiger partial charge on any atom is -0.343 e. The lowest BCUT2D eigenvalue weighted by atomic mass is 9.88. The summed E-state index contributed by atoms with van der Waals surface area (Å²) < 4.78 is 0. The van der Waals surface area contributed by atoms with Crippen LogP contribution in [0.4, 0.5) is 0 Å². The number of nitrogens with zero attached hydrogens (tertiary/aromatic N) is 2. The monoisotopic (exact) mass is 439 g/mol. The molecule has 2 atom stereocenters. The Hall–Kier alpha value is -3.24. The van der Waals surface area contributed by atoms with Gasteiger partial charge in [0.15, 0.2) is 0 Å². The molecule has 4 rings (SSSR count). The Bertz CT molecular complexity index is 1080. The molecule has 4 heteroatoms. The van der Waals surface area contributed by atoms with Gasteiger partial charge in [0.05, 0.1) is 11.7 Å². The van der Waals surface area contributed by atoms with Gasteiger partial charge in [-0.05, 0) is 68.5 Å². The zero-order chi connectivity index (χ0) is 23.0. The Labute approximate surface area is 197 Å². The smallest absolute Gasteiger partial charge is 0.252 e. The van der Waals surface area contributed by atoms with Crippen LogP contribution in [-0.2, 0) is 0 Å². The summed E-state index contributed by atoms with van der Waals surface area (Å²) in [5.74, 6) is 0.284. The van der Waals surface area contributed by atoms with Crippen molar-refractivity contribution in [3.8, 4) is 0 Å². The van der Waals surface area contributed by atoms with Gasteiger partial charge in [-0.2, -0.15) is 0 Å². The lowest BCUT2D eigenvalue weighted by Crippen LogP contribution is -2.43. The molecule has 2 unspecified atom stereocenters. The number of nitrogens with one attached hydrogen (secondary N) is 1. The lowest BCUT2D eigenvalue weighted by molar-refractivity contribution is 0.0885. The Morgan fingerprint density at radius 3 is 2.61 bits per heavy atom. The zero-order valence-electron chi connectivity index (χ0n) is 19.6. The fourth-order valence-electron chi connectivity index (χ4n) is 4.78. The van der Waals surface area contributed by atoms with Gasteiger partial charge in [-0.1, -0.05) is 66.2 Å². The Morgan fingerprint density at radius 2 is 1.85 bits per heavy atom. The maximum Gasteiger partial charge on any atom is 0.252 e. The number of rotatable bonds is 7. The maximum absolute atomic E-state index is 13.2. The quantitative estimate of drug-likeness (QED) is 0.515. The van der Waals surface area contributed by atoms with Crippen LogP contribution in [0.25, 0.3) is 6.08 Å². The second-order valence-electron chi connectivity index (χ2n) is 9.06. The van der Waals surface area contributed by atoms with Crippen molar-refractivity contribution in [1.82, 2.24) is 15.2 Å². The lowest BCUT2D eigenvalue weighted by Gasteiger charge is -2.37. The van der Waals surface area contributed by atoms with Crippen LogP contribution in [0.2, 0.25) is 0 Å². The second-order valence-corrected chi connectivity index (χ2v) is 9.06. The summed E-state index contributed by atoms with van der Waals surface area (Å²) in [7, 11) is 0. The molecule has 1 aliphatic rings. The Kier molecular flexibility index (Phi) is 7.69. The van der Waals surface area contributed by atoms with E-state index < -0.39 is 0 Å². The highest BCUT2D eigenvalue weighted by atomic mass is 16.1. The van der Waals surface area contributed by atoms with E-state index in [1.165, 1.54) is 11.1 Å². The van der Waals surface area contributed by atoms with E-state index in [1.807, 2.05) is 61.7 Å². The molecular formula is C29H33N3O. The molecule has 1 fully saturated rings. The zero-order valence-corrected chi connectivity index (χ0v) is 19.6. The van der Waals surface area contributed by atoms with Gasteiger partial charge in [0.1, 0.15) is 0 Å². The first-order valence-corrected chi connectivity index (χ1v) is 11.8. The van der Waals surface area contributed by atoms with Crippen molar-refractivity contribution < 1.29 is 4.79 Å². The van der Waals surface area contributed by atoms with Gasteiger partial charge in [0.2, 0.25) is 0 Å². The summed E-state index contributed by atoms with van der Waals surface area (Å²) >= 11 is 0. The molecular weight excluding hydrogens is 406 g/mol. The number of hydrogen-bond acceptors (Lipinski definition) is 3. The first kappa shape index (κ1) is 22.9. The van der Waals surface area contributed by atoms with Crippen LogP contribution in [0, 0.1) is 12.8 Å². The standard InChI is InChI=1S/C29H33N3O/c1-22(19-24-12-4-3-5-13-24)20-32-18-10-14-25(21-32)28(27-16-8-9-17-30-27)31-29(33)26-15-7-6-11-23(26)2/h3-9,11-13,15-17,19,25,28H,10,14,18,20-21H2,1-2H3,(H,31,33)/b22-19-. The number of hydrogen-bond donors (Lipinski definition) is 1. The number of aryl methyl sites for hydroxylation is 1. The van der Waals surface area contributed by atoms with Crippen LogP contribution >= 0.6 is 0 Å². The summed E-state index contributed by atoms with van der Waals surface area (Å²) in [6.07, 6.45) is 6.27. The van der Waals surface area contributed by atoms with Gasteiger partial charge < -0.3 is 5.32 Å². The summed E-state index contributed by atoms with van der Waals surface area (Å²) in [6.45, 7) is 7.14. The molecule has 33 heavy (non-hydrogen) atoms. The number of aromatic nitrogens is 1. The number of carbonyl (C=O) groups excluding carboxylic acids is 1. The van der Waals surface area contributed by atoms with Gasteiger partial charge in [0, 0.05) is 24.8 Å². The molecule has 2 aromatic carbocycles. The number of likely N-dealkylation sites (tertiary alicyclic amines) is 1. The van der Waals surface area contributed by atoms with E-state index >= 15 is 0 Å². The van der Waals surface area contributed by atoms with Crippen molar-refractivity contribution in [2.24, 2.45) is 5.92 Å². The molecule has 170 valence electrons. The Balaban J connectivity index is 1.50. The number of benzene rings is 2. The van der Waals surface area contributed by atoms with E-state index in [4.69, 9.17) is 0 Å². The van der Waals surface area contributed by atoms with Crippen molar-refractivity contribution in [2.45, 2.75) is 32.7 Å². The van der Waals surface area contributed by atoms with Crippen LogP contribution in [0.5, 0.6) is 0 Å². The van der Waals surface area contributed by atoms with Crippen LogP contribution in [0.1, 0.15) is 53.0 Å². The molecule has 1 aliphatic heterocycles. The van der Waals surface area contributed by atoms with E-state index in [0.717, 1.165) is 49.3 Å². The number of amides is 1. The number of piperidine rings is 1. The average Bonchev–Trinajstić information content (AvgIpc) is 2.84. The molecule has 3 aromatic rings. The predicted molar refractivity (Wildman–Crippen MR) is 135 cm³/mol. The van der Waals surface area contributed by atoms with Crippen LogP contribution in [-0.4, -0.2) is 35.4 Å². The summed E-state index contributed by atoms with van der Waals surface area (Å²) in [6, 6.07) is 24.1. The third kappa shape index (κ3) is 6.17. The van der Waals surface area contributed by atoms with Gasteiger partial charge in [-0.25, -0.2) is 0 Å². The molecule has 0 aliphatic carbocycles. The predicted octanol–water partition coefficient (Wildman–Crippen LogP) is 5.68. The topological polar surface area (TPSA) is 45.2 Å². The van der Waals surface area contributed by atoms with E-state index in [-0.39, 0.29) is 11.9 Å². The molecule has 0 radical (unpaired) electrons. The van der Waals surface area contributed by atoms with Crippen LogP contribution in [0.15, 0.2) is 84.6 Å². The summed E-state index contributed by atoms with van der Waals surface area (Å²) in [4.78, 5) is 20.3. The Morgan fingerprint density at radius 1 is 1.09 bits per heavy atom. The number of pyridine rings is 1. The molecule has 1 saturated heterocycles. The molecule has 2 heterocycles. The van der Waals surface area contributed by atoms with Crippen molar-refractivity contribution in [3.05, 3.63) is 107 Å². The minimum absolute atomic E-state index is 0.0268. The third-order valence-electron chi connectivity index (χ3n) is 6.38. The van der Waals surface area contributed by atoms with Crippen molar-refractivity contribution >= 4 is 12.0 Å². The molecule has 0 spiro atoms. The van der Waals surface area contributed by atoms with Crippen LogP contribution in [0.3, 0.4) is 0 Å². The molecule has 1 aromatic heterocycles. The van der Waals surface area contributed by atoms with Gasteiger partial charge in [0.25, 0.3) is 5.91 Å².